The van der Waals surface area contributed by atoms with Crippen LogP contribution in [0.2, 0.25) is 5.02 Å². The van der Waals surface area contributed by atoms with Crippen LogP contribution in [0.1, 0.15) is 24.5 Å². The second-order valence-electron chi connectivity index (χ2n) is 6.93. The van der Waals surface area contributed by atoms with Gasteiger partial charge in [0.05, 0.1) is 23.1 Å². The highest BCUT2D eigenvalue weighted by atomic mass is 35.5. The van der Waals surface area contributed by atoms with Crippen LogP contribution in [0.4, 0.5) is 0 Å². The maximum absolute atomic E-state index is 11.7. The van der Waals surface area contributed by atoms with Crippen molar-refractivity contribution in [2.24, 2.45) is 4.99 Å². The molecule has 0 saturated carbocycles. The third-order valence-electron chi connectivity index (χ3n) is 4.66. The number of guanidine groups is 1. The van der Waals surface area contributed by atoms with Crippen LogP contribution >= 0.6 is 11.6 Å². The van der Waals surface area contributed by atoms with Crippen LogP contribution in [0.5, 0.6) is 5.75 Å². The zero-order chi connectivity index (χ0) is 20.7. The third kappa shape index (κ3) is 6.37. The maximum Gasteiger partial charge on any atom is 0.191 e. The van der Waals surface area contributed by atoms with E-state index in [0.717, 1.165) is 11.1 Å². The highest BCUT2D eigenvalue weighted by Crippen LogP contribution is 2.24. The summed E-state index contributed by atoms with van der Waals surface area (Å²) in [6, 6.07) is 15.2. The number of hydrogen-bond donors (Lipinski definition) is 2. The van der Waals surface area contributed by atoms with E-state index in [1.807, 2.05) is 49.4 Å². The Kier molecular flexibility index (Phi) is 7.39. The van der Waals surface area contributed by atoms with E-state index in [-0.39, 0.29) is 17.5 Å². The first-order valence-corrected chi connectivity index (χ1v) is 11.9. The molecule has 1 aliphatic rings. The summed E-state index contributed by atoms with van der Waals surface area (Å²) in [6.45, 7) is 3.52. The number of halogens is 1. The molecule has 1 heterocycles. The summed E-state index contributed by atoms with van der Waals surface area (Å²) in [5.74, 6) is 1.65. The van der Waals surface area contributed by atoms with E-state index in [1.165, 1.54) is 0 Å². The Labute approximate surface area is 177 Å². The van der Waals surface area contributed by atoms with Gasteiger partial charge in [0.1, 0.15) is 12.4 Å². The van der Waals surface area contributed by atoms with Gasteiger partial charge in [-0.2, -0.15) is 0 Å². The number of nitrogens with one attached hydrogen (secondary N) is 2. The smallest absolute Gasteiger partial charge is 0.191 e. The molecule has 1 saturated heterocycles. The predicted molar refractivity (Wildman–Crippen MR) is 117 cm³/mol. The molecule has 2 aromatic carbocycles. The maximum atomic E-state index is 11.7. The van der Waals surface area contributed by atoms with Crippen LogP contribution in [0.25, 0.3) is 0 Å². The summed E-state index contributed by atoms with van der Waals surface area (Å²) < 4.78 is 29.3. The standard InChI is InChI=1S/C21H26ClN3O3S/c1-2-23-21(25-18-11-12-29(26,27)15-18)24-13-16-7-3-4-8-17(16)14-28-20-10-6-5-9-19(20)22/h3-10,18H,2,11-15H2,1H3,(H2,23,24,25). The van der Waals surface area contributed by atoms with E-state index in [0.29, 0.717) is 42.8 Å². The Balaban J connectivity index is 1.67. The lowest BCUT2D eigenvalue weighted by Gasteiger charge is -2.16. The largest absolute Gasteiger partial charge is 0.487 e. The molecule has 2 N–H and O–H groups in total. The summed E-state index contributed by atoms with van der Waals surface area (Å²) in [5.41, 5.74) is 2.06. The predicted octanol–water partition coefficient (Wildman–Crippen LogP) is 3.16. The molecule has 0 bridgehead atoms. The molecule has 156 valence electrons. The van der Waals surface area contributed by atoms with E-state index in [2.05, 4.69) is 15.6 Å². The average molecular weight is 436 g/mol. The topological polar surface area (TPSA) is 79.8 Å². The Hall–Kier alpha value is -2.25. The highest BCUT2D eigenvalue weighted by molar-refractivity contribution is 7.91. The van der Waals surface area contributed by atoms with E-state index in [9.17, 15) is 8.42 Å². The van der Waals surface area contributed by atoms with Crippen molar-refractivity contribution >= 4 is 27.4 Å². The fraction of sp³-hybridized carbons (Fsp3) is 0.381. The summed E-state index contributed by atoms with van der Waals surface area (Å²) in [5, 5.41) is 7.00. The molecule has 6 nitrogen and oxygen atoms in total. The minimum atomic E-state index is -2.94. The fourth-order valence-electron chi connectivity index (χ4n) is 3.16. The van der Waals surface area contributed by atoms with Crippen LogP contribution in [0.3, 0.4) is 0 Å². The number of rotatable bonds is 7. The van der Waals surface area contributed by atoms with Gasteiger partial charge < -0.3 is 15.4 Å². The molecule has 3 rings (SSSR count). The second kappa shape index (κ2) is 9.98. The lowest BCUT2D eigenvalue weighted by molar-refractivity contribution is 0.305. The molecule has 1 aliphatic heterocycles. The Morgan fingerprint density at radius 1 is 1.17 bits per heavy atom. The molecule has 1 unspecified atom stereocenters. The van der Waals surface area contributed by atoms with E-state index in [4.69, 9.17) is 16.3 Å². The SMILES string of the molecule is CCNC(=NCc1ccccc1COc1ccccc1Cl)NC1CCS(=O)(=O)C1. The van der Waals surface area contributed by atoms with Crippen molar-refractivity contribution in [1.82, 2.24) is 10.6 Å². The fourth-order valence-corrected chi connectivity index (χ4v) is 5.02. The quantitative estimate of drug-likeness (QED) is 0.515. The zero-order valence-corrected chi connectivity index (χ0v) is 18.0. The molecule has 0 amide bonds. The molecule has 0 aliphatic carbocycles. The monoisotopic (exact) mass is 435 g/mol. The first-order valence-electron chi connectivity index (χ1n) is 9.66. The van der Waals surface area contributed by atoms with Gasteiger partial charge in [-0.05, 0) is 36.6 Å². The molecule has 0 spiro atoms. The molecule has 8 heteroatoms. The number of hydrogen-bond acceptors (Lipinski definition) is 4. The van der Waals surface area contributed by atoms with Gasteiger partial charge in [0.25, 0.3) is 0 Å². The molecule has 1 atom stereocenters. The molecule has 0 radical (unpaired) electrons. The number of benzene rings is 2. The van der Waals surface area contributed by atoms with E-state index < -0.39 is 9.84 Å². The molecule has 2 aromatic rings. The lowest BCUT2D eigenvalue weighted by Crippen LogP contribution is -2.44. The van der Waals surface area contributed by atoms with Gasteiger partial charge in [-0.3, -0.25) is 0 Å². The third-order valence-corrected chi connectivity index (χ3v) is 6.74. The van der Waals surface area contributed by atoms with Gasteiger partial charge in [0.15, 0.2) is 15.8 Å². The summed E-state index contributed by atoms with van der Waals surface area (Å²) in [6.07, 6.45) is 0.606. The lowest BCUT2D eigenvalue weighted by atomic mass is 10.1. The molecule has 29 heavy (non-hydrogen) atoms. The molecular formula is C21H26ClN3O3S. The zero-order valence-electron chi connectivity index (χ0n) is 16.4. The van der Waals surface area contributed by atoms with E-state index >= 15 is 0 Å². The van der Waals surface area contributed by atoms with Crippen LogP contribution in [0, 0.1) is 0 Å². The van der Waals surface area contributed by atoms with Crippen molar-refractivity contribution in [1.29, 1.82) is 0 Å². The van der Waals surface area contributed by atoms with Crippen LogP contribution in [-0.2, 0) is 23.0 Å². The average Bonchev–Trinajstić information content (AvgIpc) is 3.04. The Morgan fingerprint density at radius 3 is 2.59 bits per heavy atom. The van der Waals surface area contributed by atoms with Gasteiger partial charge >= 0.3 is 0 Å². The summed E-state index contributed by atoms with van der Waals surface area (Å²) >= 11 is 6.16. The van der Waals surface area contributed by atoms with Gasteiger partial charge in [0, 0.05) is 12.6 Å². The van der Waals surface area contributed by atoms with Crippen molar-refractivity contribution in [2.75, 3.05) is 18.1 Å². The normalized spacial score (nSPS) is 18.4. The Bertz CT molecular complexity index is 963. The highest BCUT2D eigenvalue weighted by Gasteiger charge is 2.28. The van der Waals surface area contributed by atoms with Crippen LogP contribution < -0.4 is 15.4 Å². The number of ether oxygens (including phenoxy) is 1. The molecular weight excluding hydrogens is 410 g/mol. The van der Waals surface area contributed by atoms with Crippen LogP contribution in [0.15, 0.2) is 53.5 Å². The van der Waals surface area contributed by atoms with Gasteiger partial charge in [-0.15, -0.1) is 0 Å². The van der Waals surface area contributed by atoms with E-state index in [1.54, 1.807) is 6.07 Å². The minimum absolute atomic E-state index is 0.100. The van der Waals surface area contributed by atoms with Crippen LogP contribution in [-0.4, -0.2) is 38.5 Å². The first-order chi connectivity index (χ1) is 14.0. The van der Waals surface area contributed by atoms with Gasteiger partial charge in [-0.25, -0.2) is 13.4 Å². The first kappa shape index (κ1) is 21.5. The van der Waals surface area contributed by atoms with Crippen molar-refractivity contribution in [2.45, 2.75) is 32.5 Å². The molecule has 0 aromatic heterocycles. The van der Waals surface area contributed by atoms with Crippen molar-refractivity contribution in [3.05, 3.63) is 64.7 Å². The number of nitrogens with zero attached hydrogens (tertiary/aromatic N) is 1. The second-order valence-corrected chi connectivity index (χ2v) is 9.56. The number of aliphatic imine (C=N–C) groups is 1. The van der Waals surface area contributed by atoms with Crippen molar-refractivity contribution in [3.8, 4) is 5.75 Å². The van der Waals surface area contributed by atoms with Gasteiger partial charge in [-0.1, -0.05) is 48.0 Å². The minimum Gasteiger partial charge on any atom is -0.487 e. The number of sulfone groups is 1. The van der Waals surface area contributed by atoms with Gasteiger partial charge in [0.2, 0.25) is 0 Å². The summed E-state index contributed by atoms with van der Waals surface area (Å²) in [4.78, 5) is 4.65. The molecule has 1 fully saturated rings. The summed E-state index contributed by atoms with van der Waals surface area (Å²) in [7, 11) is -2.94. The number of para-hydroxylation sites is 1. The van der Waals surface area contributed by atoms with Crippen molar-refractivity contribution in [3.63, 3.8) is 0 Å². The Morgan fingerprint density at radius 2 is 1.90 bits per heavy atom. The van der Waals surface area contributed by atoms with Crippen molar-refractivity contribution < 1.29 is 13.2 Å².